The molecule has 0 aromatic carbocycles. The number of rotatable bonds is 5. The maximum absolute atomic E-state index is 5.54. The molecule has 1 unspecified atom stereocenters. The molecule has 0 aliphatic carbocycles. The van der Waals surface area contributed by atoms with Crippen LogP contribution < -0.4 is 10.1 Å². The molecule has 5 heteroatoms. The Labute approximate surface area is 120 Å². The lowest BCUT2D eigenvalue weighted by Gasteiger charge is -2.18. The maximum atomic E-state index is 5.54. The lowest BCUT2D eigenvalue weighted by atomic mass is 10.1. The zero-order valence-electron chi connectivity index (χ0n) is 12.8. The molecule has 0 aliphatic heterocycles. The second-order valence-corrected chi connectivity index (χ2v) is 4.86. The van der Waals surface area contributed by atoms with Crippen LogP contribution in [-0.2, 0) is 7.05 Å². The minimum atomic E-state index is 0.145. The maximum Gasteiger partial charge on any atom is 0.237 e. The summed E-state index contributed by atoms with van der Waals surface area (Å²) in [5.74, 6) is 0.640. The van der Waals surface area contributed by atoms with E-state index in [1.807, 2.05) is 37.7 Å². The van der Waals surface area contributed by atoms with Crippen molar-refractivity contribution in [3.63, 3.8) is 0 Å². The molecular formula is C15H22N4O. The monoisotopic (exact) mass is 274 g/mol. The second kappa shape index (κ2) is 5.94. The van der Waals surface area contributed by atoms with Gasteiger partial charge in [-0.05, 0) is 39.8 Å². The normalized spacial score (nSPS) is 12.2. The Balaban J connectivity index is 2.25. The number of hydrogen-bond acceptors (Lipinski definition) is 4. The quantitative estimate of drug-likeness (QED) is 0.910. The molecule has 0 fully saturated rings. The summed E-state index contributed by atoms with van der Waals surface area (Å²) in [7, 11) is 1.97. The van der Waals surface area contributed by atoms with E-state index in [-0.39, 0.29) is 6.04 Å². The van der Waals surface area contributed by atoms with E-state index in [1.54, 1.807) is 6.20 Å². The molecule has 0 spiro atoms. The van der Waals surface area contributed by atoms with Gasteiger partial charge in [0.2, 0.25) is 5.88 Å². The van der Waals surface area contributed by atoms with Crippen LogP contribution in [0.1, 0.15) is 36.8 Å². The Morgan fingerprint density at radius 1 is 1.40 bits per heavy atom. The van der Waals surface area contributed by atoms with Gasteiger partial charge in [-0.15, -0.1) is 0 Å². The van der Waals surface area contributed by atoms with Crippen LogP contribution in [0.25, 0.3) is 0 Å². The van der Waals surface area contributed by atoms with E-state index < -0.39 is 0 Å². The van der Waals surface area contributed by atoms with Gasteiger partial charge < -0.3 is 10.1 Å². The molecule has 108 valence electrons. The van der Waals surface area contributed by atoms with Crippen molar-refractivity contribution in [1.82, 2.24) is 14.8 Å². The molecule has 0 aliphatic rings. The van der Waals surface area contributed by atoms with Gasteiger partial charge in [0.05, 0.1) is 24.0 Å². The summed E-state index contributed by atoms with van der Waals surface area (Å²) in [4.78, 5) is 4.26. The van der Waals surface area contributed by atoms with Crippen molar-refractivity contribution in [2.45, 2.75) is 33.7 Å². The second-order valence-electron chi connectivity index (χ2n) is 4.86. The zero-order valence-corrected chi connectivity index (χ0v) is 12.8. The highest BCUT2D eigenvalue weighted by Gasteiger charge is 2.17. The molecule has 0 radical (unpaired) electrons. The van der Waals surface area contributed by atoms with Crippen LogP contribution in [0.2, 0.25) is 0 Å². The Morgan fingerprint density at radius 3 is 2.75 bits per heavy atom. The van der Waals surface area contributed by atoms with Crippen LogP contribution in [0.4, 0.5) is 5.69 Å². The third-order valence-corrected chi connectivity index (χ3v) is 3.42. The Morgan fingerprint density at radius 2 is 2.15 bits per heavy atom. The highest BCUT2D eigenvalue weighted by molar-refractivity contribution is 5.54. The molecule has 1 atom stereocenters. The Hall–Kier alpha value is -2.04. The van der Waals surface area contributed by atoms with Gasteiger partial charge in [0.1, 0.15) is 0 Å². The van der Waals surface area contributed by atoms with Crippen molar-refractivity contribution in [3.8, 4) is 5.88 Å². The van der Waals surface area contributed by atoms with Crippen molar-refractivity contribution in [3.05, 3.63) is 35.3 Å². The summed E-state index contributed by atoms with van der Waals surface area (Å²) in [6.07, 6.45) is 1.74. The van der Waals surface area contributed by atoms with Gasteiger partial charge in [-0.2, -0.15) is 5.10 Å². The van der Waals surface area contributed by atoms with Gasteiger partial charge in [-0.1, -0.05) is 0 Å². The molecule has 0 amide bonds. The fraction of sp³-hybridized carbons (Fsp3) is 0.467. The summed E-state index contributed by atoms with van der Waals surface area (Å²) >= 11 is 0. The standard InChI is InChI=1S/C15H22N4O/c1-6-20-15-13(8-7-9-16-15)17-10(2)14-11(3)18-19(5)12(14)4/h7-10,17H,6H2,1-5H3. The lowest BCUT2D eigenvalue weighted by Crippen LogP contribution is -2.10. The van der Waals surface area contributed by atoms with Crippen LogP contribution >= 0.6 is 0 Å². The average molecular weight is 274 g/mol. The molecule has 1 N–H and O–H groups in total. The Bertz CT molecular complexity index is 592. The van der Waals surface area contributed by atoms with Gasteiger partial charge in [0.25, 0.3) is 0 Å². The van der Waals surface area contributed by atoms with E-state index in [2.05, 4.69) is 29.2 Å². The van der Waals surface area contributed by atoms with Crippen LogP contribution in [0.15, 0.2) is 18.3 Å². The molecule has 0 saturated heterocycles. The molecule has 5 nitrogen and oxygen atoms in total. The number of aromatic nitrogens is 3. The minimum absolute atomic E-state index is 0.145. The SMILES string of the molecule is CCOc1ncccc1NC(C)c1c(C)nn(C)c1C. The van der Waals surface area contributed by atoms with Crippen LogP contribution in [-0.4, -0.2) is 21.4 Å². The van der Waals surface area contributed by atoms with Gasteiger partial charge in [-0.25, -0.2) is 4.98 Å². The number of nitrogens with zero attached hydrogens (tertiary/aromatic N) is 3. The molecule has 0 bridgehead atoms. The smallest absolute Gasteiger partial charge is 0.237 e. The number of hydrogen-bond donors (Lipinski definition) is 1. The third-order valence-electron chi connectivity index (χ3n) is 3.42. The van der Waals surface area contributed by atoms with E-state index in [0.29, 0.717) is 12.5 Å². The van der Waals surface area contributed by atoms with Crippen molar-refractivity contribution >= 4 is 5.69 Å². The molecule has 2 rings (SSSR count). The minimum Gasteiger partial charge on any atom is -0.476 e. The van der Waals surface area contributed by atoms with E-state index in [0.717, 1.165) is 11.4 Å². The predicted octanol–water partition coefficient (Wildman–Crippen LogP) is 3.00. The van der Waals surface area contributed by atoms with E-state index in [9.17, 15) is 0 Å². The molecule has 2 heterocycles. The summed E-state index contributed by atoms with van der Waals surface area (Å²) < 4.78 is 7.46. The first kappa shape index (κ1) is 14.4. The number of aryl methyl sites for hydroxylation is 2. The molecule has 2 aromatic heterocycles. The topological polar surface area (TPSA) is 52.0 Å². The van der Waals surface area contributed by atoms with Crippen molar-refractivity contribution in [2.75, 3.05) is 11.9 Å². The lowest BCUT2D eigenvalue weighted by molar-refractivity contribution is 0.328. The largest absolute Gasteiger partial charge is 0.476 e. The summed E-state index contributed by atoms with van der Waals surface area (Å²) in [5, 5.41) is 7.93. The van der Waals surface area contributed by atoms with Gasteiger partial charge in [0, 0.05) is 24.5 Å². The summed E-state index contributed by atoms with van der Waals surface area (Å²) in [6.45, 7) is 8.80. The molecular weight excluding hydrogens is 252 g/mol. The molecule has 0 saturated carbocycles. The highest BCUT2D eigenvalue weighted by Crippen LogP contribution is 2.28. The summed E-state index contributed by atoms with van der Waals surface area (Å²) in [6, 6.07) is 4.03. The summed E-state index contributed by atoms with van der Waals surface area (Å²) in [5.41, 5.74) is 4.35. The first-order chi connectivity index (χ1) is 9.54. The van der Waals surface area contributed by atoms with Crippen LogP contribution in [0.5, 0.6) is 5.88 Å². The number of nitrogens with one attached hydrogen (secondary N) is 1. The number of ether oxygens (including phenoxy) is 1. The van der Waals surface area contributed by atoms with Crippen molar-refractivity contribution < 1.29 is 4.74 Å². The third kappa shape index (κ3) is 2.76. The van der Waals surface area contributed by atoms with Crippen molar-refractivity contribution in [2.24, 2.45) is 7.05 Å². The van der Waals surface area contributed by atoms with E-state index >= 15 is 0 Å². The zero-order chi connectivity index (χ0) is 14.7. The Kier molecular flexibility index (Phi) is 4.27. The van der Waals surface area contributed by atoms with Gasteiger partial charge in [0.15, 0.2) is 0 Å². The average Bonchev–Trinajstić information content (AvgIpc) is 2.66. The fourth-order valence-corrected chi connectivity index (χ4v) is 2.47. The van der Waals surface area contributed by atoms with E-state index in [1.165, 1.54) is 11.3 Å². The number of pyridine rings is 1. The van der Waals surface area contributed by atoms with Crippen LogP contribution in [0, 0.1) is 13.8 Å². The van der Waals surface area contributed by atoms with E-state index in [4.69, 9.17) is 4.74 Å². The van der Waals surface area contributed by atoms with Crippen molar-refractivity contribution in [1.29, 1.82) is 0 Å². The fourth-order valence-electron chi connectivity index (χ4n) is 2.47. The predicted molar refractivity (Wildman–Crippen MR) is 80.1 cm³/mol. The molecule has 20 heavy (non-hydrogen) atoms. The highest BCUT2D eigenvalue weighted by atomic mass is 16.5. The van der Waals surface area contributed by atoms with Gasteiger partial charge in [-0.3, -0.25) is 4.68 Å². The number of anilines is 1. The van der Waals surface area contributed by atoms with Gasteiger partial charge >= 0.3 is 0 Å². The van der Waals surface area contributed by atoms with Crippen LogP contribution in [0.3, 0.4) is 0 Å². The molecule has 2 aromatic rings. The first-order valence-electron chi connectivity index (χ1n) is 6.89. The first-order valence-corrected chi connectivity index (χ1v) is 6.89.